The van der Waals surface area contributed by atoms with Crippen molar-refractivity contribution in [1.29, 1.82) is 0 Å². The van der Waals surface area contributed by atoms with Gasteiger partial charge in [0.1, 0.15) is 0 Å². The molecule has 4 nitrogen and oxygen atoms in total. The van der Waals surface area contributed by atoms with E-state index in [0.717, 1.165) is 45.2 Å². The zero-order chi connectivity index (χ0) is 22.1. The summed E-state index contributed by atoms with van der Waals surface area (Å²) in [5.41, 5.74) is 0.117. The topological polar surface area (TPSA) is 51.0 Å². The first kappa shape index (κ1) is 26.7. The molecule has 180 valence electrons. The fourth-order valence-electron chi connectivity index (χ4n) is 4.23. The van der Waals surface area contributed by atoms with Crippen molar-refractivity contribution in [2.45, 2.75) is 89.6 Å². The van der Waals surface area contributed by atoms with Gasteiger partial charge in [-0.05, 0) is 43.9 Å². The molecule has 3 rings (SSSR count). The van der Waals surface area contributed by atoms with Gasteiger partial charge in [0, 0.05) is 12.1 Å². The van der Waals surface area contributed by atoms with E-state index in [4.69, 9.17) is 4.52 Å². The van der Waals surface area contributed by atoms with Crippen LogP contribution < -0.4 is 5.32 Å². The van der Waals surface area contributed by atoms with Crippen LogP contribution in [-0.4, -0.2) is 23.2 Å². The van der Waals surface area contributed by atoms with Gasteiger partial charge in [-0.15, -0.1) is 12.4 Å². The quantitative estimate of drug-likeness (QED) is 0.347. The summed E-state index contributed by atoms with van der Waals surface area (Å²) in [7, 11) is 0. The van der Waals surface area contributed by atoms with Gasteiger partial charge in [0.05, 0.1) is 11.5 Å². The van der Waals surface area contributed by atoms with E-state index >= 15 is 0 Å². The van der Waals surface area contributed by atoms with Crippen LogP contribution in [0.4, 0.5) is 13.2 Å². The lowest BCUT2D eigenvalue weighted by Gasteiger charge is -2.18. The summed E-state index contributed by atoms with van der Waals surface area (Å²) in [6.07, 6.45) is 6.97. The van der Waals surface area contributed by atoms with Crippen molar-refractivity contribution < 1.29 is 17.7 Å². The molecule has 32 heavy (non-hydrogen) atoms. The minimum Gasteiger partial charge on any atom is -0.339 e. The van der Waals surface area contributed by atoms with Gasteiger partial charge in [-0.2, -0.15) is 18.2 Å². The van der Waals surface area contributed by atoms with Crippen molar-refractivity contribution in [3.63, 3.8) is 0 Å². The molecule has 1 aromatic carbocycles. The number of aryl methyl sites for hydroxylation is 1. The Kier molecular flexibility index (Phi) is 11.0. The van der Waals surface area contributed by atoms with Gasteiger partial charge in [-0.3, -0.25) is 0 Å². The molecule has 2 heterocycles. The molecule has 1 aliphatic rings. The maximum atomic E-state index is 13.7. The second-order valence-corrected chi connectivity index (χ2v) is 8.59. The molecule has 1 atom stereocenters. The molecule has 0 bridgehead atoms. The Morgan fingerprint density at radius 1 is 1.06 bits per heavy atom. The molecule has 2 aromatic rings. The number of nitrogens with zero attached hydrogens (tertiary/aromatic N) is 2. The Labute approximate surface area is 195 Å². The van der Waals surface area contributed by atoms with Crippen molar-refractivity contribution in [1.82, 2.24) is 15.5 Å². The van der Waals surface area contributed by atoms with E-state index in [1.807, 2.05) is 0 Å². The highest BCUT2D eigenvalue weighted by molar-refractivity contribution is 5.85. The molecular formula is C24H35ClF3N3O. The Balaban J connectivity index is 0.00000363. The third-order valence-corrected chi connectivity index (χ3v) is 6.06. The maximum Gasteiger partial charge on any atom is 0.416 e. The fraction of sp³-hybridized carbons (Fsp3) is 0.667. The predicted octanol–water partition coefficient (Wildman–Crippen LogP) is 7.33. The van der Waals surface area contributed by atoms with E-state index in [1.165, 1.54) is 38.2 Å². The van der Waals surface area contributed by atoms with Crippen molar-refractivity contribution in [3.8, 4) is 11.4 Å². The van der Waals surface area contributed by atoms with Crippen LogP contribution >= 0.6 is 12.4 Å². The fourth-order valence-corrected chi connectivity index (χ4v) is 4.23. The van der Waals surface area contributed by atoms with E-state index in [2.05, 4.69) is 22.4 Å². The summed E-state index contributed by atoms with van der Waals surface area (Å²) in [6.45, 7) is 3.91. The average Bonchev–Trinajstić information content (AvgIpc) is 3.26. The molecule has 0 spiro atoms. The molecule has 0 amide bonds. The third kappa shape index (κ3) is 7.77. The molecule has 0 unspecified atom stereocenters. The van der Waals surface area contributed by atoms with Crippen LogP contribution in [0.1, 0.15) is 94.1 Å². The number of nitrogens with one attached hydrogen (secondary N) is 1. The van der Waals surface area contributed by atoms with E-state index in [9.17, 15) is 13.2 Å². The number of hydrogen-bond acceptors (Lipinski definition) is 4. The van der Waals surface area contributed by atoms with Gasteiger partial charge in [0.25, 0.3) is 0 Å². The number of benzene rings is 1. The van der Waals surface area contributed by atoms with Crippen LogP contribution in [0.25, 0.3) is 11.4 Å². The maximum absolute atomic E-state index is 13.7. The molecule has 8 heteroatoms. The summed E-state index contributed by atoms with van der Waals surface area (Å²) >= 11 is 0. The van der Waals surface area contributed by atoms with Crippen molar-refractivity contribution in [3.05, 3.63) is 35.2 Å². The molecule has 0 aliphatic carbocycles. The van der Waals surface area contributed by atoms with Crippen LogP contribution in [0.5, 0.6) is 0 Å². The first-order chi connectivity index (χ1) is 15.0. The smallest absolute Gasteiger partial charge is 0.339 e. The SMILES string of the molecule is CCCCCCCCCCc1ccc(-c2noc([C@@H]3CCCNC3)n2)cc1C(F)(F)F.Cl. The number of rotatable bonds is 11. The summed E-state index contributed by atoms with van der Waals surface area (Å²) in [5.74, 6) is 0.849. The largest absolute Gasteiger partial charge is 0.416 e. The summed E-state index contributed by atoms with van der Waals surface area (Å²) in [6, 6.07) is 4.44. The standard InChI is InChI=1S/C24H34F3N3O.ClH/c1-2-3-4-5-6-7-8-9-11-18-13-14-19(16-21(18)24(25,26)27)22-29-23(31-30-22)20-12-10-15-28-17-20;/h13-14,16,20,28H,2-12,15,17H2,1H3;1H/t20-;/m1./s1. The van der Waals surface area contributed by atoms with Crippen LogP contribution in [0.15, 0.2) is 22.7 Å². The summed E-state index contributed by atoms with van der Waals surface area (Å²) in [4.78, 5) is 4.39. The highest BCUT2D eigenvalue weighted by Gasteiger charge is 2.34. The lowest BCUT2D eigenvalue weighted by atomic mass is 9.97. The Morgan fingerprint density at radius 3 is 2.44 bits per heavy atom. The number of alkyl halides is 3. The Hall–Kier alpha value is -1.60. The highest BCUT2D eigenvalue weighted by Crippen LogP contribution is 2.35. The molecule has 1 aromatic heterocycles. The molecule has 0 saturated carbocycles. The number of hydrogen-bond donors (Lipinski definition) is 1. The van der Waals surface area contributed by atoms with Gasteiger partial charge in [0.15, 0.2) is 0 Å². The van der Waals surface area contributed by atoms with Gasteiger partial charge < -0.3 is 9.84 Å². The van der Waals surface area contributed by atoms with E-state index in [-0.39, 0.29) is 24.1 Å². The lowest BCUT2D eigenvalue weighted by molar-refractivity contribution is -0.138. The number of unbranched alkanes of at least 4 members (excludes halogenated alkanes) is 7. The lowest BCUT2D eigenvalue weighted by Crippen LogP contribution is -2.28. The molecular weight excluding hydrogens is 439 g/mol. The van der Waals surface area contributed by atoms with Crippen molar-refractivity contribution in [2.75, 3.05) is 13.1 Å². The third-order valence-electron chi connectivity index (χ3n) is 6.06. The zero-order valence-corrected chi connectivity index (χ0v) is 19.7. The minimum atomic E-state index is -4.40. The summed E-state index contributed by atoms with van der Waals surface area (Å²) < 4.78 is 46.5. The van der Waals surface area contributed by atoms with E-state index in [1.54, 1.807) is 12.1 Å². The van der Waals surface area contributed by atoms with Crippen LogP contribution in [0.2, 0.25) is 0 Å². The number of halogens is 4. The Bertz CT molecular complexity index is 804. The average molecular weight is 474 g/mol. The van der Waals surface area contributed by atoms with Crippen molar-refractivity contribution in [2.24, 2.45) is 0 Å². The van der Waals surface area contributed by atoms with Crippen LogP contribution in [0, 0.1) is 0 Å². The molecule has 1 saturated heterocycles. The normalized spacial score (nSPS) is 16.7. The van der Waals surface area contributed by atoms with Gasteiger partial charge in [0.2, 0.25) is 11.7 Å². The van der Waals surface area contributed by atoms with Gasteiger partial charge >= 0.3 is 6.18 Å². The molecule has 1 N–H and O–H groups in total. The van der Waals surface area contributed by atoms with Gasteiger partial charge in [-0.1, -0.05) is 69.2 Å². The minimum absolute atomic E-state index is 0. The molecule has 0 radical (unpaired) electrons. The first-order valence-corrected chi connectivity index (χ1v) is 11.7. The van der Waals surface area contributed by atoms with Crippen LogP contribution in [0.3, 0.4) is 0 Å². The van der Waals surface area contributed by atoms with E-state index in [0.29, 0.717) is 23.4 Å². The highest BCUT2D eigenvalue weighted by atomic mass is 35.5. The van der Waals surface area contributed by atoms with Gasteiger partial charge in [-0.25, -0.2) is 0 Å². The molecule has 1 aliphatic heterocycles. The number of aromatic nitrogens is 2. The monoisotopic (exact) mass is 473 g/mol. The number of piperidine rings is 1. The van der Waals surface area contributed by atoms with E-state index < -0.39 is 11.7 Å². The van der Waals surface area contributed by atoms with Crippen molar-refractivity contribution >= 4 is 12.4 Å². The zero-order valence-electron chi connectivity index (χ0n) is 18.8. The Morgan fingerprint density at radius 2 is 1.78 bits per heavy atom. The first-order valence-electron chi connectivity index (χ1n) is 11.7. The molecule has 1 fully saturated rings. The predicted molar refractivity (Wildman–Crippen MR) is 123 cm³/mol. The summed E-state index contributed by atoms with van der Waals surface area (Å²) in [5, 5.41) is 7.23. The van der Waals surface area contributed by atoms with Crippen LogP contribution in [-0.2, 0) is 12.6 Å². The second kappa shape index (κ2) is 13.2. The second-order valence-electron chi connectivity index (χ2n) is 8.59.